The third-order valence-electron chi connectivity index (χ3n) is 1.98. The monoisotopic (exact) mass is 200 g/mol. The second kappa shape index (κ2) is 6.43. The summed E-state index contributed by atoms with van der Waals surface area (Å²) >= 11 is 0. The van der Waals surface area contributed by atoms with Gasteiger partial charge in [-0.1, -0.05) is 0 Å². The van der Waals surface area contributed by atoms with Crippen LogP contribution in [-0.4, -0.2) is 35.1 Å². The van der Waals surface area contributed by atoms with E-state index in [-0.39, 0.29) is 0 Å². The molecule has 0 saturated carbocycles. The van der Waals surface area contributed by atoms with Crippen LogP contribution in [0.2, 0.25) is 0 Å². The first-order valence-electron chi connectivity index (χ1n) is 4.93. The van der Waals surface area contributed by atoms with Gasteiger partial charge in [0.25, 0.3) is 0 Å². The molecule has 0 heterocycles. The van der Waals surface area contributed by atoms with Gasteiger partial charge in [0.05, 0.1) is 6.10 Å². The van der Waals surface area contributed by atoms with Gasteiger partial charge in [0.2, 0.25) is 5.91 Å². The van der Waals surface area contributed by atoms with Gasteiger partial charge in [0.15, 0.2) is 0 Å². The lowest BCUT2D eigenvalue weighted by Crippen LogP contribution is -2.23. The molecule has 0 aliphatic carbocycles. The smallest absolute Gasteiger partial charge is 0.246 e. The first-order chi connectivity index (χ1) is 6.51. The van der Waals surface area contributed by atoms with Crippen LogP contribution in [0, 0.1) is 0 Å². The van der Waals surface area contributed by atoms with Crippen molar-refractivity contribution in [2.24, 2.45) is 5.73 Å². The summed E-state index contributed by atoms with van der Waals surface area (Å²) in [5.41, 5.74) is 5.67. The second-order valence-corrected chi connectivity index (χ2v) is 3.29. The molecular formula is C10H20N2O2. The van der Waals surface area contributed by atoms with E-state index in [1.807, 2.05) is 18.7 Å². The molecule has 0 aromatic heterocycles. The zero-order valence-corrected chi connectivity index (χ0v) is 9.16. The lowest BCUT2D eigenvalue weighted by molar-refractivity contribution is -0.115. The van der Waals surface area contributed by atoms with E-state index >= 15 is 0 Å². The molecule has 0 saturated heterocycles. The van der Waals surface area contributed by atoms with Crippen molar-refractivity contribution in [2.75, 3.05) is 13.1 Å². The third kappa shape index (κ3) is 4.87. The second-order valence-electron chi connectivity index (χ2n) is 3.29. The minimum absolute atomic E-state index is 0.311. The number of nitrogens with zero attached hydrogens (tertiary/aromatic N) is 1. The van der Waals surface area contributed by atoms with Crippen molar-refractivity contribution in [1.29, 1.82) is 0 Å². The normalized spacial score (nSPS) is 13.9. The molecular weight excluding hydrogens is 180 g/mol. The quantitative estimate of drug-likeness (QED) is 0.612. The molecule has 0 aromatic rings. The fraction of sp³-hybridized carbons (Fsp3) is 0.700. The zero-order chi connectivity index (χ0) is 11.1. The molecule has 0 aliphatic heterocycles. The van der Waals surface area contributed by atoms with Crippen LogP contribution in [0.4, 0.5) is 0 Å². The van der Waals surface area contributed by atoms with E-state index in [4.69, 9.17) is 10.8 Å². The van der Waals surface area contributed by atoms with E-state index in [0.29, 0.717) is 12.0 Å². The van der Waals surface area contributed by atoms with Gasteiger partial charge < -0.3 is 15.7 Å². The predicted molar refractivity (Wildman–Crippen MR) is 56.5 cm³/mol. The van der Waals surface area contributed by atoms with E-state index < -0.39 is 12.0 Å². The summed E-state index contributed by atoms with van der Waals surface area (Å²) in [6.07, 6.45) is 1.50. The Balaban J connectivity index is 4.53. The summed E-state index contributed by atoms with van der Waals surface area (Å²) < 4.78 is 0. The number of hydrogen-bond acceptors (Lipinski definition) is 3. The van der Waals surface area contributed by atoms with Crippen molar-refractivity contribution in [3.63, 3.8) is 0 Å². The van der Waals surface area contributed by atoms with Crippen molar-refractivity contribution in [3.05, 3.63) is 11.8 Å². The maximum atomic E-state index is 11.0. The molecule has 0 rings (SSSR count). The van der Waals surface area contributed by atoms with Gasteiger partial charge in [-0.15, -0.1) is 0 Å². The van der Waals surface area contributed by atoms with Crippen LogP contribution in [-0.2, 0) is 4.79 Å². The number of carbonyl (C=O) groups excluding carboxylic acids is 1. The van der Waals surface area contributed by atoms with E-state index in [1.54, 1.807) is 13.1 Å². The Kier molecular flexibility index (Phi) is 5.95. The highest BCUT2D eigenvalue weighted by molar-refractivity contribution is 5.91. The van der Waals surface area contributed by atoms with Crippen LogP contribution in [0.1, 0.15) is 27.2 Å². The van der Waals surface area contributed by atoms with E-state index in [0.717, 1.165) is 13.1 Å². The molecule has 0 bridgehead atoms. The highest BCUT2D eigenvalue weighted by Crippen LogP contribution is 2.06. The molecule has 0 aliphatic rings. The van der Waals surface area contributed by atoms with Crippen LogP contribution in [0.15, 0.2) is 11.8 Å². The van der Waals surface area contributed by atoms with E-state index in [2.05, 4.69) is 0 Å². The minimum Gasteiger partial charge on any atom is -0.393 e. The van der Waals surface area contributed by atoms with Crippen molar-refractivity contribution in [1.82, 2.24) is 4.90 Å². The van der Waals surface area contributed by atoms with Crippen LogP contribution in [0.3, 0.4) is 0 Å². The van der Waals surface area contributed by atoms with Gasteiger partial charge in [-0.25, -0.2) is 0 Å². The molecule has 1 unspecified atom stereocenters. The Morgan fingerprint density at radius 1 is 1.50 bits per heavy atom. The molecule has 14 heavy (non-hydrogen) atoms. The number of amides is 1. The Labute approximate surface area is 85.4 Å². The summed E-state index contributed by atoms with van der Waals surface area (Å²) in [5, 5.41) is 9.16. The number of primary amides is 1. The summed E-state index contributed by atoms with van der Waals surface area (Å²) in [5.74, 6) is -0.460. The molecule has 0 radical (unpaired) electrons. The van der Waals surface area contributed by atoms with Crippen molar-refractivity contribution < 1.29 is 9.90 Å². The van der Waals surface area contributed by atoms with Crippen molar-refractivity contribution >= 4 is 5.91 Å². The first-order valence-corrected chi connectivity index (χ1v) is 4.93. The van der Waals surface area contributed by atoms with Crippen molar-refractivity contribution in [2.45, 2.75) is 33.3 Å². The van der Waals surface area contributed by atoms with Crippen LogP contribution < -0.4 is 5.73 Å². The van der Waals surface area contributed by atoms with E-state index in [9.17, 15) is 4.79 Å². The molecule has 0 aromatic carbocycles. The Morgan fingerprint density at radius 2 is 2.00 bits per heavy atom. The SMILES string of the molecule is CCN(C=C(CC(C)O)C(N)=O)CC. The number of aliphatic hydroxyl groups excluding tert-OH is 1. The van der Waals surface area contributed by atoms with Gasteiger partial charge in [0.1, 0.15) is 0 Å². The molecule has 4 nitrogen and oxygen atoms in total. The van der Waals surface area contributed by atoms with Gasteiger partial charge in [-0.2, -0.15) is 0 Å². The number of rotatable bonds is 6. The summed E-state index contributed by atoms with van der Waals surface area (Å²) in [6, 6.07) is 0. The largest absolute Gasteiger partial charge is 0.393 e. The average molecular weight is 200 g/mol. The molecule has 4 heteroatoms. The number of carbonyl (C=O) groups is 1. The van der Waals surface area contributed by atoms with Crippen LogP contribution in [0.5, 0.6) is 0 Å². The first kappa shape index (κ1) is 13.0. The topological polar surface area (TPSA) is 66.6 Å². The lowest BCUT2D eigenvalue weighted by atomic mass is 10.1. The van der Waals surface area contributed by atoms with Gasteiger partial charge in [-0.05, 0) is 20.8 Å². The average Bonchev–Trinajstić information content (AvgIpc) is 2.11. The van der Waals surface area contributed by atoms with Gasteiger partial charge in [-0.3, -0.25) is 4.79 Å². The van der Waals surface area contributed by atoms with E-state index in [1.165, 1.54) is 0 Å². The molecule has 0 fully saturated rings. The summed E-state index contributed by atoms with van der Waals surface area (Å²) in [4.78, 5) is 13.0. The molecule has 1 atom stereocenters. The number of hydrogen-bond donors (Lipinski definition) is 2. The van der Waals surface area contributed by atoms with Gasteiger partial charge >= 0.3 is 0 Å². The summed E-state index contributed by atoms with van der Waals surface area (Å²) in [7, 11) is 0. The Bertz CT molecular complexity index is 208. The highest BCUT2D eigenvalue weighted by atomic mass is 16.3. The minimum atomic E-state index is -0.538. The molecule has 82 valence electrons. The zero-order valence-electron chi connectivity index (χ0n) is 9.16. The Morgan fingerprint density at radius 3 is 2.29 bits per heavy atom. The third-order valence-corrected chi connectivity index (χ3v) is 1.98. The highest BCUT2D eigenvalue weighted by Gasteiger charge is 2.09. The molecule has 1 amide bonds. The van der Waals surface area contributed by atoms with Gasteiger partial charge in [0, 0.05) is 31.3 Å². The van der Waals surface area contributed by atoms with Crippen LogP contribution in [0.25, 0.3) is 0 Å². The van der Waals surface area contributed by atoms with Crippen LogP contribution >= 0.6 is 0 Å². The molecule has 0 spiro atoms. The molecule has 3 N–H and O–H groups in total. The number of aliphatic hydroxyl groups is 1. The maximum Gasteiger partial charge on any atom is 0.246 e. The maximum absolute atomic E-state index is 11.0. The fourth-order valence-corrected chi connectivity index (χ4v) is 1.16. The lowest BCUT2D eigenvalue weighted by Gasteiger charge is -2.17. The number of nitrogens with two attached hydrogens (primary N) is 1. The van der Waals surface area contributed by atoms with Crippen molar-refractivity contribution in [3.8, 4) is 0 Å². The Hall–Kier alpha value is -1.03. The predicted octanol–water partition coefficient (Wildman–Crippen LogP) is 0.468. The standard InChI is InChI=1S/C10H20N2O2/c1-4-12(5-2)7-9(10(11)14)6-8(3)13/h7-8,13H,4-6H2,1-3H3,(H2,11,14). The fourth-order valence-electron chi connectivity index (χ4n) is 1.16. The summed E-state index contributed by atoms with van der Waals surface area (Å²) in [6.45, 7) is 7.29.